The number of anilines is 2. The Hall–Kier alpha value is -11.5. The number of H-pyrrole nitrogens is 4. The summed E-state index contributed by atoms with van der Waals surface area (Å²) in [5, 5.41) is 59.2. The summed E-state index contributed by atoms with van der Waals surface area (Å²) in [6.45, 7) is 3.52. The molecule has 4 aliphatic carbocycles. The van der Waals surface area contributed by atoms with Gasteiger partial charge in [0.15, 0.2) is 0 Å². The lowest BCUT2D eigenvalue weighted by Crippen LogP contribution is -2.14. The predicted molar refractivity (Wildman–Crippen MR) is 460 cm³/mol. The molecule has 118 heavy (non-hydrogen) atoms. The van der Waals surface area contributed by atoms with Gasteiger partial charge in [0.25, 0.3) is 11.4 Å². The van der Waals surface area contributed by atoms with Gasteiger partial charge in [-0.1, -0.05) is 137 Å². The van der Waals surface area contributed by atoms with Gasteiger partial charge in [0.1, 0.15) is 57.4 Å². The lowest BCUT2D eigenvalue weighted by Gasteiger charge is -2.26. The zero-order valence-electron chi connectivity index (χ0n) is 65.6. The van der Waals surface area contributed by atoms with Gasteiger partial charge in [0.2, 0.25) is 5.91 Å². The van der Waals surface area contributed by atoms with E-state index in [1.807, 2.05) is 66.7 Å². The first-order chi connectivity index (χ1) is 57.1. The first kappa shape index (κ1) is 84.5. The topological polar surface area (TPSA) is 330 Å². The Labute approximate surface area is 710 Å². The Balaban J connectivity index is 0.000000137. The van der Waals surface area contributed by atoms with Crippen LogP contribution in [0.3, 0.4) is 0 Å². The fraction of sp³-hybridized carbons (Fsp3) is 0.276. The number of aromatic amines is 4. The molecule has 0 saturated heterocycles. The van der Waals surface area contributed by atoms with Crippen molar-refractivity contribution < 1.29 is 52.5 Å². The minimum Gasteiger partial charge on any atom is -0.497 e. The molecular formula is C87H84Cl6N12O13. The molecule has 0 bridgehead atoms. The molecule has 31 heteroatoms. The number of benzene rings is 8. The summed E-state index contributed by atoms with van der Waals surface area (Å²) in [5.41, 5.74) is 25.7. The van der Waals surface area contributed by atoms with Crippen molar-refractivity contribution in [1.82, 2.24) is 40.8 Å². The maximum atomic E-state index is 11.9. The highest BCUT2D eigenvalue weighted by molar-refractivity contribution is 6.39. The van der Waals surface area contributed by atoms with Crippen LogP contribution in [0.1, 0.15) is 117 Å². The van der Waals surface area contributed by atoms with Crippen LogP contribution in [0, 0.1) is 20.2 Å². The van der Waals surface area contributed by atoms with Gasteiger partial charge >= 0.3 is 0 Å². The van der Waals surface area contributed by atoms with Crippen molar-refractivity contribution in [3.63, 3.8) is 0 Å². The molecule has 12 aromatic rings. The highest BCUT2D eigenvalue weighted by Gasteiger charge is 2.36. The summed E-state index contributed by atoms with van der Waals surface area (Å²) in [5.74, 6) is 5.01. The number of nitro groups is 2. The van der Waals surface area contributed by atoms with E-state index in [0.717, 1.165) is 159 Å². The minimum atomic E-state index is -0.385. The molecule has 4 aliphatic rings. The van der Waals surface area contributed by atoms with Gasteiger partial charge in [-0.05, 0) is 149 Å². The average molecular weight is 1720 g/mol. The van der Waals surface area contributed by atoms with Crippen LogP contribution >= 0.6 is 69.6 Å². The van der Waals surface area contributed by atoms with Crippen molar-refractivity contribution in [2.24, 2.45) is 0 Å². The molecule has 0 radical (unpaired) electrons. The Morgan fingerprint density at radius 3 is 1.05 bits per heavy atom. The van der Waals surface area contributed by atoms with E-state index >= 15 is 0 Å². The number of nitro benzene ring substituents is 2. The second kappa shape index (κ2) is 37.4. The normalized spacial score (nSPS) is 15.5. The Morgan fingerprint density at radius 1 is 0.424 bits per heavy atom. The van der Waals surface area contributed by atoms with Crippen LogP contribution in [0.4, 0.5) is 22.7 Å². The monoisotopic (exact) mass is 1710 g/mol. The zero-order valence-corrected chi connectivity index (χ0v) is 70.2. The van der Waals surface area contributed by atoms with E-state index < -0.39 is 0 Å². The first-order valence-electron chi connectivity index (χ1n) is 37.7. The highest BCUT2D eigenvalue weighted by atomic mass is 35.5. The van der Waals surface area contributed by atoms with Crippen molar-refractivity contribution in [2.45, 2.75) is 101 Å². The molecule has 8 aromatic carbocycles. The molecule has 4 heterocycles. The summed E-state index contributed by atoms with van der Waals surface area (Å²) >= 11 is 39.7. The molecule has 25 nitrogen and oxygen atoms in total. The molecule has 4 unspecified atom stereocenters. The molecule has 612 valence electrons. The van der Waals surface area contributed by atoms with E-state index in [1.54, 1.807) is 111 Å². The van der Waals surface area contributed by atoms with Crippen molar-refractivity contribution in [3.05, 3.63) is 264 Å². The number of ether oxygens (including phenoxy) is 8. The van der Waals surface area contributed by atoms with Gasteiger partial charge < -0.3 is 48.9 Å². The first-order valence-corrected chi connectivity index (χ1v) is 40.0. The maximum absolute atomic E-state index is 11.9. The lowest BCUT2D eigenvalue weighted by molar-refractivity contribution is -0.384. The Bertz CT molecular complexity index is 5660. The highest BCUT2D eigenvalue weighted by Crippen LogP contribution is 2.53. The number of nitrogens with one attached hydrogen (secondary N) is 5. The number of nitrogens with zero attached hydrogens (tertiary/aromatic N) is 6. The van der Waals surface area contributed by atoms with Crippen molar-refractivity contribution in [2.75, 3.05) is 67.9 Å². The molecular weight excluding hydrogens is 1630 g/mol. The number of amides is 1. The van der Waals surface area contributed by atoms with Gasteiger partial charge in [0.05, 0.1) is 125 Å². The van der Waals surface area contributed by atoms with E-state index in [0.29, 0.717) is 118 Å². The summed E-state index contributed by atoms with van der Waals surface area (Å²) in [4.78, 5) is 33.9. The van der Waals surface area contributed by atoms with E-state index in [1.165, 1.54) is 23.8 Å². The second-order valence-electron chi connectivity index (χ2n) is 28.4. The van der Waals surface area contributed by atoms with Crippen LogP contribution in [0.5, 0.6) is 46.0 Å². The summed E-state index contributed by atoms with van der Waals surface area (Å²) in [6.07, 6.45) is 10.6. The number of para-hydroxylation sites is 4. The number of rotatable bonds is 20. The lowest BCUT2D eigenvalue weighted by atomic mass is 9.81. The van der Waals surface area contributed by atoms with Crippen LogP contribution in [-0.2, 0) is 56.2 Å². The quantitative estimate of drug-likeness (QED) is 0.0179. The maximum Gasteiger partial charge on any atom is 0.278 e. The molecule has 16 rings (SSSR count). The number of nitrogen functional groups attached to an aromatic ring is 1. The number of hydrogen-bond acceptors (Lipinski definition) is 18. The average Bonchev–Trinajstić information content (AvgIpc) is 1.50. The van der Waals surface area contributed by atoms with E-state index in [2.05, 4.69) is 52.7 Å². The number of aromatic nitrogens is 8. The number of hydrogen-bond donors (Lipinski definition) is 6. The number of nitrogens with two attached hydrogens (primary N) is 1. The van der Waals surface area contributed by atoms with Crippen molar-refractivity contribution >= 4 is 98.3 Å². The third kappa shape index (κ3) is 17.3. The zero-order chi connectivity index (χ0) is 83.8. The number of carbonyl (C=O) groups excluding carboxylic acids is 1. The number of methoxy groups -OCH3 is 8. The minimum absolute atomic E-state index is 0.0283. The largest absolute Gasteiger partial charge is 0.497 e. The third-order valence-corrected chi connectivity index (χ3v) is 24.4. The molecule has 1 amide bonds. The van der Waals surface area contributed by atoms with E-state index in [-0.39, 0.29) is 44.9 Å². The molecule has 0 aliphatic heterocycles. The van der Waals surface area contributed by atoms with E-state index in [4.69, 9.17) is 113 Å². The summed E-state index contributed by atoms with van der Waals surface area (Å²) in [6, 6.07) is 39.8. The third-order valence-electron chi connectivity index (χ3n) is 22.0. The number of fused-ring (bicyclic) bond motifs is 4. The fourth-order valence-corrected chi connectivity index (χ4v) is 18.6. The van der Waals surface area contributed by atoms with Crippen LogP contribution in [0.15, 0.2) is 146 Å². The number of carbonyl (C=O) groups is 1. The summed E-state index contributed by atoms with van der Waals surface area (Å²) < 4.78 is 43.2. The molecule has 0 saturated carbocycles. The Morgan fingerprint density at radius 2 is 0.720 bits per heavy atom. The SMILES string of the molecule is C=CC(=O)Nc1ccccc1-c1n[nH]c2c1CCC(c1c(Cl)c(OC)cc(OC)c1Cl)C2.COc1cc(OC)c(Cl)c(C2CCc3c(-c4ccccc4N)n[nH]c3C2)c1Cl.COc1cc(OC)c(Cl)c(C2CCc3c(-c4ccccc4[N+](=O)[O-])n[nH]c3C2)c1Cl.COc1cc(OC)cc(C2CCc3c(-c4ccccc4[N+](=O)[O-])n[nH]c3C2)c1. The smallest absolute Gasteiger partial charge is 0.278 e. The van der Waals surface area contributed by atoms with Crippen molar-refractivity contribution in [1.29, 1.82) is 0 Å². The Kier molecular flexibility index (Phi) is 26.8. The number of halogens is 6. The predicted octanol–water partition coefficient (Wildman–Crippen LogP) is 20.9. The molecule has 4 atom stereocenters. The summed E-state index contributed by atoms with van der Waals surface area (Å²) in [7, 11) is 12.7. The molecule has 0 spiro atoms. The molecule has 0 fully saturated rings. The van der Waals surface area contributed by atoms with Crippen LogP contribution in [0.25, 0.3) is 45.0 Å². The van der Waals surface area contributed by atoms with Gasteiger partial charge in [-0.15, -0.1) is 0 Å². The van der Waals surface area contributed by atoms with E-state index in [9.17, 15) is 25.0 Å². The van der Waals surface area contributed by atoms with Crippen LogP contribution in [0.2, 0.25) is 30.1 Å². The van der Waals surface area contributed by atoms with Gasteiger partial charge in [-0.3, -0.25) is 45.4 Å². The standard InChI is InChI=1S/C24H23Cl2N3O3.C21H19Cl2N3O4.C21H21Cl2N3O2.C21H21N3O4/c1-4-20(30)27-16-8-6-5-7-14(16)24-15-10-9-13(11-17(15)28-29-24)21-22(25)18(31-2)12-19(32-3)23(21)26;1-29-16-10-17(30-2)20(23)18(19(16)22)11-7-8-12-14(9-11)24-25-21(12)13-5-3-4-6-15(13)26(27)28;1-27-16-10-17(28-2)20(23)18(19(16)22)11-7-8-13-15(9-11)25-26-21(13)12-5-3-4-6-14(12)24;1-27-15-9-14(10-16(12-15)28-2)13-7-8-17-19(11-13)22-23-21(17)18-5-3-4-6-20(18)24(25)26/h4-8,12-13H,1,9-11H2,2-3H3,(H,27,30)(H,28,29);3-6,10-11H,7-9H2,1-2H3,(H,24,25);3-6,10-11H,7-9,24H2,1-2H3,(H,25,26);3-6,9-10,12-13H,7-8,11H2,1-2H3,(H,22,23). The molecule has 4 aromatic heterocycles. The van der Waals surface area contributed by atoms with Crippen LogP contribution in [-0.4, -0.2) is 113 Å². The van der Waals surface area contributed by atoms with Crippen LogP contribution < -0.4 is 48.9 Å². The van der Waals surface area contributed by atoms with Gasteiger partial charge in [-0.25, -0.2) is 0 Å². The van der Waals surface area contributed by atoms with Gasteiger partial charge in [-0.2, -0.15) is 20.4 Å². The fourth-order valence-electron chi connectivity index (χ4n) is 16.2. The van der Waals surface area contributed by atoms with Crippen molar-refractivity contribution in [3.8, 4) is 91.0 Å². The molecule has 7 N–H and O–H groups in total. The van der Waals surface area contributed by atoms with Gasteiger partial charge in [0, 0.05) is 115 Å². The second-order valence-corrected chi connectivity index (χ2v) is 30.6.